The normalized spacial score (nSPS) is 12.2. The number of hydrogen-bond donors (Lipinski definition) is 1. The molecule has 0 unspecified atom stereocenters. The van der Waals surface area contributed by atoms with Crippen LogP contribution in [0.15, 0.2) is 36.4 Å². The maximum atomic E-state index is 13.6. The fourth-order valence-corrected chi connectivity index (χ4v) is 2.04. The molecule has 0 aliphatic heterocycles. The van der Waals surface area contributed by atoms with Crippen LogP contribution in [0.2, 0.25) is 0 Å². The van der Waals surface area contributed by atoms with E-state index >= 15 is 0 Å². The lowest BCUT2D eigenvalue weighted by molar-refractivity contribution is 0.195. The summed E-state index contributed by atoms with van der Waals surface area (Å²) in [5.41, 5.74) is 2.12. The Morgan fingerprint density at radius 1 is 1.25 bits per heavy atom. The van der Waals surface area contributed by atoms with Gasteiger partial charge in [0, 0.05) is 5.56 Å². The van der Waals surface area contributed by atoms with E-state index in [0.717, 1.165) is 6.42 Å². The van der Waals surface area contributed by atoms with Crippen molar-refractivity contribution in [1.29, 1.82) is 0 Å². The molecule has 0 spiro atoms. The summed E-state index contributed by atoms with van der Waals surface area (Å²) >= 11 is 0. The molecular weight excluding hydrogens is 255 g/mol. The summed E-state index contributed by atoms with van der Waals surface area (Å²) in [6, 6.07) is 10.7. The van der Waals surface area contributed by atoms with Crippen molar-refractivity contribution < 1.29 is 14.2 Å². The van der Waals surface area contributed by atoms with Gasteiger partial charge in [0.05, 0.1) is 6.10 Å². The summed E-state index contributed by atoms with van der Waals surface area (Å²) in [6.45, 7) is 5.35. The predicted molar refractivity (Wildman–Crippen MR) is 77.7 cm³/mol. The minimum absolute atomic E-state index is 0.337. The van der Waals surface area contributed by atoms with Crippen LogP contribution in [-0.4, -0.2) is 5.11 Å². The predicted octanol–water partition coefficient (Wildman–Crippen LogP) is 4.54. The van der Waals surface area contributed by atoms with Gasteiger partial charge in [-0.15, -0.1) is 0 Å². The Labute approximate surface area is 118 Å². The van der Waals surface area contributed by atoms with Gasteiger partial charge < -0.3 is 9.84 Å². The molecule has 0 saturated heterocycles. The Bertz CT molecular complexity index is 606. The van der Waals surface area contributed by atoms with Crippen LogP contribution in [-0.2, 0) is 6.42 Å². The van der Waals surface area contributed by atoms with E-state index in [1.807, 2.05) is 24.3 Å². The Balaban J connectivity index is 2.39. The molecule has 106 valence electrons. The molecule has 0 radical (unpaired) electrons. The van der Waals surface area contributed by atoms with Crippen LogP contribution in [0, 0.1) is 12.7 Å². The van der Waals surface area contributed by atoms with Gasteiger partial charge in [-0.25, -0.2) is 4.39 Å². The minimum atomic E-state index is -0.783. The number of aryl methyl sites for hydroxylation is 2. The molecule has 2 rings (SSSR count). The van der Waals surface area contributed by atoms with Gasteiger partial charge in [0.1, 0.15) is 17.3 Å². The van der Waals surface area contributed by atoms with Gasteiger partial charge in [-0.3, -0.25) is 0 Å². The lowest BCUT2D eigenvalue weighted by atomic mass is 10.1. The number of ether oxygens (including phenoxy) is 1. The highest BCUT2D eigenvalue weighted by atomic mass is 19.1. The summed E-state index contributed by atoms with van der Waals surface area (Å²) < 4.78 is 19.4. The van der Waals surface area contributed by atoms with Gasteiger partial charge in [0.2, 0.25) is 0 Å². The third kappa shape index (κ3) is 3.17. The van der Waals surface area contributed by atoms with Crippen LogP contribution in [0.3, 0.4) is 0 Å². The van der Waals surface area contributed by atoms with Gasteiger partial charge in [0.15, 0.2) is 0 Å². The van der Waals surface area contributed by atoms with Crippen molar-refractivity contribution in [2.75, 3.05) is 0 Å². The quantitative estimate of drug-likeness (QED) is 0.886. The highest BCUT2D eigenvalue weighted by Gasteiger charge is 2.13. The molecule has 3 heteroatoms. The highest BCUT2D eigenvalue weighted by molar-refractivity contribution is 5.43. The van der Waals surface area contributed by atoms with E-state index in [1.54, 1.807) is 19.9 Å². The molecule has 0 aliphatic rings. The van der Waals surface area contributed by atoms with Crippen molar-refractivity contribution >= 4 is 0 Å². The Kier molecular flexibility index (Phi) is 4.40. The third-order valence-corrected chi connectivity index (χ3v) is 3.28. The zero-order valence-corrected chi connectivity index (χ0v) is 12.0. The molecule has 2 aromatic carbocycles. The second-order valence-electron chi connectivity index (χ2n) is 4.92. The number of aliphatic hydroxyl groups excluding tert-OH is 1. The standard InChI is InChI=1S/C17H19FO2/c1-4-13-6-5-7-14(9-13)20-17-8-11(2)16(18)10-15(17)12(3)19/h5-10,12,19H,4H2,1-3H3/t12-/m1/s1. The van der Waals surface area contributed by atoms with E-state index in [0.29, 0.717) is 22.6 Å². The smallest absolute Gasteiger partial charge is 0.133 e. The first kappa shape index (κ1) is 14.5. The Hall–Kier alpha value is -1.87. The number of rotatable bonds is 4. The van der Waals surface area contributed by atoms with Crippen molar-refractivity contribution in [2.24, 2.45) is 0 Å². The molecule has 0 aliphatic carbocycles. The average Bonchev–Trinajstić information content (AvgIpc) is 2.42. The molecular formula is C17H19FO2. The van der Waals surface area contributed by atoms with E-state index in [1.165, 1.54) is 11.6 Å². The number of aliphatic hydroxyl groups is 1. The molecule has 1 N–H and O–H groups in total. The summed E-state index contributed by atoms with van der Waals surface area (Å²) in [7, 11) is 0. The van der Waals surface area contributed by atoms with Crippen LogP contribution in [0.4, 0.5) is 4.39 Å². The molecule has 1 atom stereocenters. The fraction of sp³-hybridized carbons (Fsp3) is 0.294. The van der Waals surface area contributed by atoms with Gasteiger partial charge >= 0.3 is 0 Å². The summed E-state index contributed by atoms with van der Waals surface area (Å²) in [6.07, 6.45) is 0.137. The summed E-state index contributed by atoms with van der Waals surface area (Å²) in [4.78, 5) is 0. The molecule has 0 fully saturated rings. The number of halogens is 1. The zero-order chi connectivity index (χ0) is 14.7. The van der Waals surface area contributed by atoms with Crippen LogP contribution < -0.4 is 4.74 Å². The summed E-state index contributed by atoms with van der Waals surface area (Å²) in [5.74, 6) is 0.847. The van der Waals surface area contributed by atoms with E-state index in [4.69, 9.17) is 4.74 Å². The first-order valence-electron chi connectivity index (χ1n) is 6.76. The van der Waals surface area contributed by atoms with Crippen LogP contribution in [0.1, 0.15) is 36.6 Å². The second kappa shape index (κ2) is 6.06. The van der Waals surface area contributed by atoms with Crippen LogP contribution in [0.25, 0.3) is 0 Å². The average molecular weight is 274 g/mol. The number of hydrogen-bond acceptors (Lipinski definition) is 2. The van der Waals surface area contributed by atoms with E-state index in [2.05, 4.69) is 6.92 Å². The maximum Gasteiger partial charge on any atom is 0.133 e. The van der Waals surface area contributed by atoms with Crippen molar-refractivity contribution in [3.63, 3.8) is 0 Å². The summed E-state index contributed by atoms with van der Waals surface area (Å²) in [5, 5.41) is 9.75. The molecule has 0 saturated carbocycles. The molecule has 2 nitrogen and oxygen atoms in total. The molecule has 20 heavy (non-hydrogen) atoms. The van der Waals surface area contributed by atoms with Crippen LogP contribution >= 0.6 is 0 Å². The van der Waals surface area contributed by atoms with E-state index < -0.39 is 6.10 Å². The molecule has 2 aromatic rings. The largest absolute Gasteiger partial charge is 0.457 e. The van der Waals surface area contributed by atoms with Gasteiger partial charge in [-0.2, -0.15) is 0 Å². The van der Waals surface area contributed by atoms with Gasteiger partial charge in [0.25, 0.3) is 0 Å². The Morgan fingerprint density at radius 2 is 2.00 bits per heavy atom. The SMILES string of the molecule is CCc1cccc(Oc2cc(C)c(F)cc2[C@@H](C)O)c1. The molecule has 0 bridgehead atoms. The first-order valence-corrected chi connectivity index (χ1v) is 6.76. The second-order valence-corrected chi connectivity index (χ2v) is 4.92. The van der Waals surface area contributed by atoms with Crippen molar-refractivity contribution in [1.82, 2.24) is 0 Å². The molecule has 0 aromatic heterocycles. The lowest BCUT2D eigenvalue weighted by Gasteiger charge is -2.15. The highest BCUT2D eigenvalue weighted by Crippen LogP contribution is 2.32. The fourth-order valence-electron chi connectivity index (χ4n) is 2.04. The lowest BCUT2D eigenvalue weighted by Crippen LogP contribution is -1.99. The van der Waals surface area contributed by atoms with Gasteiger partial charge in [-0.1, -0.05) is 19.1 Å². The maximum absolute atomic E-state index is 13.6. The first-order chi connectivity index (χ1) is 9.51. The zero-order valence-electron chi connectivity index (χ0n) is 12.0. The van der Waals surface area contributed by atoms with Crippen molar-refractivity contribution in [3.8, 4) is 11.5 Å². The Morgan fingerprint density at radius 3 is 2.65 bits per heavy atom. The molecule has 0 amide bonds. The third-order valence-electron chi connectivity index (χ3n) is 3.28. The van der Waals surface area contributed by atoms with Crippen molar-refractivity contribution in [2.45, 2.75) is 33.3 Å². The number of benzene rings is 2. The topological polar surface area (TPSA) is 29.5 Å². The van der Waals surface area contributed by atoms with Gasteiger partial charge in [-0.05, 0) is 55.7 Å². The molecule has 0 heterocycles. The van der Waals surface area contributed by atoms with E-state index in [-0.39, 0.29) is 5.82 Å². The van der Waals surface area contributed by atoms with Crippen molar-refractivity contribution in [3.05, 3.63) is 58.9 Å². The monoisotopic (exact) mass is 274 g/mol. The van der Waals surface area contributed by atoms with Crippen LogP contribution in [0.5, 0.6) is 11.5 Å². The van der Waals surface area contributed by atoms with E-state index in [9.17, 15) is 9.50 Å². The minimum Gasteiger partial charge on any atom is -0.457 e.